The van der Waals surface area contributed by atoms with Crippen molar-refractivity contribution in [3.05, 3.63) is 33.6 Å². The Morgan fingerprint density at radius 3 is 2.50 bits per heavy atom. The van der Waals surface area contributed by atoms with E-state index >= 15 is 0 Å². The smallest absolute Gasteiger partial charge is 0.142 e. The summed E-state index contributed by atoms with van der Waals surface area (Å²) in [4.78, 5) is 0. The van der Waals surface area contributed by atoms with Crippen LogP contribution >= 0.6 is 23.2 Å². The maximum Gasteiger partial charge on any atom is 0.142 e. The van der Waals surface area contributed by atoms with Crippen LogP contribution in [-0.2, 0) is 4.74 Å². The number of halogens is 3. The third-order valence-electron chi connectivity index (χ3n) is 2.89. The molecule has 0 heterocycles. The number of methoxy groups -OCH3 is 1. The molecular weight excluding hydrogens is 276 g/mol. The molecule has 1 N–H and O–H groups in total. The molecule has 5 heteroatoms. The molecule has 0 amide bonds. The molecule has 1 unspecified atom stereocenters. The van der Waals surface area contributed by atoms with Crippen molar-refractivity contribution < 1.29 is 9.13 Å². The summed E-state index contributed by atoms with van der Waals surface area (Å²) < 4.78 is 18.7. The topological polar surface area (TPSA) is 21.3 Å². The highest BCUT2D eigenvalue weighted by molar-refractivity contribution is 6.35. The van der Waals surface area contributed by atoms with Crippen molar-refractivity contribution in [3.63, 3.8) is 0 Å². The third-order valence-corrected chi connectivity index (χ3v) is 3.51. The van der Waals surface area contributed by atoms with Gasteiger partial charge in [-0.05, 0) is 38.5 Å². The van der Waals surface area contributed by atoms with Gasteiger partial charge in [0.05, 0.1) is 10.6 Å². The van der Waals surface area contributed by atoms with Crippen molar-refractivity contribution in [2.24, 2.45) is 0 Å². The van der Waals surface area contributed by atoms with Gasteiger partial charge in [0.2, 0.25) is 0 Å². The van der Waals surface area contributed by atoms with Gasteiger partial charge < -0.3 is 10.1 Å². The zero-order valence-electron chi connectivity index (χ0n) is 11.0. The number of hydrogen-bond donors (Lipinski definition) is 1. The van der Waals surface area contributed by atoms with Gasteiger partial charge in [-0.25, -0.2) is 4.39 Å². The van der Waals surface area contributed by atoms with E-state index in [1.165, 1.54) is 12.1 Å². The van der Waals surface area contributed by atoms with Crippen LogP contribution in [0.5, 0.6) is 0 Å². The quantitative estimate of drug-likeness (QED) is 0.821. The Balaban J connectivity index is 2.79. The summed E-state index contributed by atoms with van der Waals surface area (Å²) in [5.74, 6) is -0.462. The van der Waals surface area contributed by atoms with Gasteiger partial charge in [-0.2, -0.15) is 0 Å². The zero-order valence-corrected chi connectivity index (χ0v) is 12.5. The first-order valence-corrected chi connectivity index (χ1v) is 6.45. The molecule has 0 spiro atoms. The highest BCUT2D eigenvalue weighted by Crippen LogP contribution is 2.28. The average Bonchev–Trinajstić information content (AvgIpc) is 2.31. The van der Waals surface area contributed by atoms with Gasteiger partial charge in [-0.1, -0.05) is 23.2 Å². The van der Waals surface area contributed by atoms with Gasteiger partial charge >= 0.3 is 0 Å². The van der Waals surface area contributed by atoms with Gasteiger partial charge in [0.15, 0.2) is 0 Å². The van der Waals surface area contributed by atoms with E-state index in [-0.39, 0.29) is 16.7 Å². The number of hydrogen-bond acceptors (Lipinski definition) is 2. The molecule has 0 fully saturated rings. The van der Waals surface area contributed by atoms with Crippen molar-refractivity contribution in [1.82, 2.24) is 5.32 Å². The van der Waals surface area contributed by atoms with Crippen molar-refractivity contribution >= 4 is 23.2 Å². The minimum atomic E-state index is -0.462. The molecule has 0 saturated carbocycles. The van der Waals surface area contributed by atoms with E-state index in [0.29, 0.717) is 17.1 Å². The maximum atomic E-state index is 13.4. The first-order valence-electron chi connectivity index (χ1n) is 5.70. The molecule has 18 heavy (non-hydrogen) atoms. The fraction of sp³-hybridized carbons (Fsp3) is 0.538. The van der Waals surface area contributed by atoms with Gasteiger partial charge in [0.1, 0.15) is 5.82 Å². The average molecular weight is 294 g/mol. The number of ether oxygens (including phenoxy) is 1. The molecule has 0 aliphatic rings. The van der Waals surface area contributed by atoms with Crippen molar-refractivity contribution in [2.45, 2.75) is 32.4 Å². The lowest BCUT2D eigenvalue weighted by molar-refractivity contribution is 0.0214. The van der Waals surface area contributed by atoms with Crippen molar-refractivity contribution in [3.8, 4) is 0 Å². The molecule has 0 aliphatic carbocycles. The molecule has 2 nitrogen and oxygen atoms in total. The molecule has 1 aromatic rings. The lowest BCUT2D eigenvalue weighted by atomic mass is 10.1. The molecule has 0 aliphatic heterocycles. The Kier molecular flexibility index (Phi) is 5.41. The monoisotopic (exact) mass is 293 g/mol. The molecule has 1 rings (SSSR count). The number of rotatable bonds is 5. The summed E-state index contributed by atoms with van der Waals surface area (Å²) in [5, 5.41) is 3.75. The van der Waals surface area contributed by atoms with E-state index in [0.717, 1.165) is 0 Å². The van der Waals surface area contributed by atoms with E-state index in [1.54, 1.807) is 7.11 Å². The molecular formula is C13H18Cl2FNO. The van der Waals surface area contributed by atoms with E-state index in [1.807, 2.05) is 20.8 Å². The minimum absolute atomic E-state index is 0.0353. The van der Waals surface area contributed by atoms with E-state index < -0.39 is 5.82 Å². The summed E-state index contributed by atoms with van der Waals surface area (Å²) in [6.07, 6.45) is 0. The van der Waals surface area contributed by atoms with Crippen LogP contribution in [0, 0.1) is 5.82 Å². The molecule has 102 valence electrons. The summed E-state index contributed by atoms with van der Waals surface area (Å²) in [6.45, 7) is 6.49. The molecule has 1 atom stereocenters. The van der Waals surface area contributed by atoms with E-state index in [2.05, 4.69) is 5.32 Å². The molecule has 0 saturated heterocycles. The van der Waals surface area contributed by atoms with Crippen LogP contribution in [0.2, 0.25) is 10.0 Å². The van der Waals surface area contributed by atoms with Crippen LogP contribution in [0.15, 0.2) is 12.1 Å². The van der Waals surface area contributed by atoms with E-state index in [9.17, 15) is 4.39 Å². The fourth-order valence-corrected chi connectivity index (χ4v) is 2.00. The van der Waals surface area contributed by atoms with Gasteiger partial charge in [-0.3, -0.25) is 0 Å². The Morgan fingerprint density at radius 2 is 1.94 bits per heavy atom. The molecule has 0 radical (unpaired) electrons. The molecule has 0 bridgehead atoms. The predicted octanol–water partition coefficient (Wildman–Crippen LogP) is 4.21. The predicted molar refractivity (Wildman–Crippen MR) is 73.9 cm³/mol. The lowest BCUT2D eigenvalue weighted by Gasteiger charge is -2.26. The summed E-state index contributed by atoms with van der Waals surface area (Å²) >= 11 is 11.7. The van der Waals surface area contributed by atoms with Crippen LogP contribution in [0.25, 0.3) is 0 Å². The SMILES string of the molecule is COC(C)(C)CNC(C)c1cc(F)c(Cl)cc1Cl. The first-order chi connectivity index (χ1) is 8.26. The summed E-state index contributed by atoms with van der Waals surface area (Å²) in [5.41, 5.74) is 0.400. The van der Waals surface area contributed by atoms with E-state index in [4.69, 9.17) is 27.9 Å². The Morgan fingerprint density at radius 1 is 1.33 bits per heavy atom. The maximum absolute atomic E-state index is 13.4. The first kappa shape index (κ1) is 15.7. The summed E-state index contributed by atoms with van der Waals surface area (Å²) in [7, 11) is 1.65. The highest BCUT2D eigenvalue weighted by Gasteiger charge is 2.19. The number of benzene rings is 1. The van der Waals surface area contributed by atoms with Crippen LogP contribution in [0.1, 0.15) is 32.4 Å². The fourth-order valence-electron chi connectivity index (χ4n) is 1.45. The second kappa shape index (κ2) is 6.20. The van der Waals surface area contributed by atoms with Gasteiger partial charge in [0.25, 0.3) is 0 Å². The van der Waals surface area contributed by atoms with Crippen LogP contribution in [-0.4, -0.2) is 19.3 Å². The van der Waals surface area contributed by atoms with Gasteiger partial charge in [0, 0.05) is 24.7 Å². The number of nitrogens with one attached hydrogen (secondary N) is 1. The van der Waals surface area contributed by atoms with Crippen molar-refractivity contribution in [2.75, 3.05) is 13.7 Å². The minimum Gasteiger partial charge on any atom is -0.377 e. The second-order valence-corrected chi connectivity index (χ2v) is 5.67. The third kappa shape index (κ3) is 4.09. The Bertz CT molecular complexity index is 424. The van der Waals surface area contributed by atoms with Crippen molar-refractivity contribution in [1.29, 1.82) is 0 Å². The second-order valence-electron chi connectivity index (χ2n) is 4.85. The lowest BCUT2D eigenvalue weighted by Crippen LogP contribution is -2.37. The van der Waals surface area contributed by atoms with Crippen LogP contribution < -0.4 is 5.32 Å². The van der Waals surface area contributed by atoms with Gasteiger partial charge in [-0.15, -0.1) is 0 Å². The molecule has 0 aromatic heterocycles. The normalized spacial score (nSPS) is 13.7. The summed E-state index contributed by atoms with van der Waals surface area (Å²) in [6, 6.07) is 2.70. The zero-order chi connectivity index (χ0) is 13.9. The van der Waals surface area contributed by atoms with Crippen LogP contribution in [0.3, 0.4) is 0 Å². The largest absolute Gasteiger partial charge is 0.377 e. The molecule has 1 aromatic carbocycles. The standard InChI is InChI=1S/C13H18Cl2FNO/c1-8(17-7-13(2,3)18-4)9-5-12(16)11(15)6-10(9)14/h5-6,8,17H,7H2,1-4H3. The van der Waals surface area contributed by atoms with Crippen LogP contribution in [0.4, 0.5) is 4.39 Å². The highest BCUT2D eigenvalue weighted by atomic mass is 35.5. The Labute approximate surface area is 117 Å². The Hall–Kier alpha value is -0.350.